The van der Waals surface area contributed by atoms with Crippen LogP contribution in [0.2, 0.25) is 10.3 Å². The third-order valence-electron chi connectivity index (χ3n) is 2.47. The van der Waals surface area contributed by atoms with Crippen molar-refractivity contribution in [3.8, 4) is 0 Å². The first-order chi connectivity index (χ1) is 9.70. The second-order valence-corrected chi connectivity index (χ2v) is 7.32. The molecule has 0 aliphatic rings. The highest BCUT2D eigenvalue weighted by molar-refractivity contribution is 7.92. The Hall–Kier alpha value is -1.35. The molecule has 112 valence electrons. The van der Waals surface area contributed by atoms with E-state index < -0.39 is 16.0 Å². The van der Waals surface area contributed by atoms with Crippen molar-refractivity contribution in [2.75, 3.05) is 4.72 Å². The molecule has 6 nitrogen and oxygen atoms in total. The second-order valence-electron chi connectivity index (χ2n) is 3.98. The number of carboxylic acids is 1. The van der Waals surface area contributed by atoms with E-state index in [0.29, 0.717) is 5.56 Å². The maximum Gasteiger partial charge on any atom is 0.345 e. The molecule has 0 fully saturated rings. The molecule has 0 amide bonds. The molecule has 2 heterocycles. The molecule has 0 radical (unpaired) electrons. The minimum Gasteiger partial charge on any atom is -0.477 e. The summed E-state index contributed by atoms with van der Waals surface area (Å²) in [6.45, 7) is 1.62. The van der Waals surface area contributed by atoms with Crippen molar-refractivity contribution >= 4 is 56.2 Å². The summed E-state index contributed by atoms with van der Waals surface area (Å²) < 4.78 is 26.7. The highest BCUT2D eigenvalue weighted by Gasteiger charge is 2.21. The van der Waals surface area contributed by atoms with Crippen LogP contribution < -0.4 is 4.72 Å². The van der Waals surface area contributed by atoms with Gasteiger partial charge in [-0.15, -0.1) is 11.3 Å². The van der Waals surface area contributed by atoms with E-state index in [2.05, 4.69) is 9.71 Å². The number of rotatable bonds is 4. The number of thiophene rings is 1. The molecule has 2 aromatic heterocycles. The zero-order valence-electron chi connectivity index (χ0n) is 10.4. The number of pyridine rings is 1. The van der Waals surface area contributed by atoms with Gasteiger partial charge in [-0.2, -0.15) is 0 Å². The van der Waals surface area contributed by atoms with Gasteiger partial charge in [0.2, 0.25) is 0 Å². The van der Waals surface area contributed by atoms with Crippen LogP contribution >= 0.6 is 34.5 Å². The Morgan fingerprint density at radius 2 is 2.05 bits per heavy atom. The van der Waals surface area contributed by atoms with E-state index in [1.807, 2.05) is 0 Å². The van der Waals surface area contributed by atoms with Gasteiger partial charge in [0.25, 0.3) is 10.0 Å². The van der Waals surface area contributed by atoms with Gasteiger partial charge in [0.05, 0.1) is 10.6 Å². The fraction of sp³-hybridized carbons (Fsp3) is 0.0909. The predicted octanol–water partition coefficient (Wildman–Crippen LogP) is 3.26. The molecule has 0 unspecified atom stereocenters. The number of nitrogens with one attached hydrogen (secondary N) is 1. The van der Waals surface area contributed by atoms with Crippen molar-refractivity contribution in [1.82, 2.24) is 4.98 Å². The summed E-state index contributed by atoms with van der Waals surface area (Å²) in [5.41, 5.74) is 0.599. The Labute approximate surface area is 134 Å². The standard InChI is InChI=1S/C11H8Cl2N2O4S2/c1-5-2-8(12)14-10(13)9(5)15-21(18,19)6-3-7(11(16)17)20-4-6/h2-4,15H,1H3,(H,16,17). The number of aryl methyl sites for hydroxylation is 1. The number of halogens is 2. The van der Waals surface area contributed by atoms with Gasteiger partial charge < -0.3 is 5.11 Å². The van der Waals surface area contributed by atoms with E-state index in [-0.39, 0.29) is 25.8 Å². The Kier molecular flexibility index (Phi) is 4.43. The highest BCUT2D eigenvalue weighted by Crippen LogP contribution is 2.29. The van der Waals surface area contributed by atoms with E-state index >= 15 is 0 Å². The van der Waals surface area contributed by atoms with E-state index in [1.54, 1.807) is 6.92 Å². The van der Waals surface area contributed by atoms with Crippen LogP contribution in [0.3, 0.4) is 0 Å². The molecule has 0 bridgehead atoms. The van der Waals surface area contributed by atoms with Gasteiger partial charge in [-0.1, -0.05) is 23.2 Å². The normalized spacial score (nSPS) is 11.4. The maximum absolute atomic E-state index is 12.2. The fourth-order valence-electron chi connectivity index (χ4n) is 1.48. The summed E-state index contributed by atoms with van der Waals surface area (Å²) in [4.78, 5) is 14.3. The molecule has 2 aromatic rings. The van der Waals surface area contributed by atoms with Crippen LogP contribution in [0.25, 0.3) is 0 Å². The molecule has 2 N–H and O–H groups in total. The van der Waals surface area contributed by atoms with Crippen LogP contribution in [0, 0.1) is 6.92 Å². The van der Waals surface area contributed by atoms with Crippen LogP contribution in [0.5, 0.6) is 0 Å². The number of nitrogens with zero attached hydrogens (tertiary/aromatic N) is 1. The second kappa shape index (κ2) is 5.80. The fourth-order valence-corrected chi connectivity index (χ4v) is 4.37. The third-order valence-corrected chi connectivity index (χ3v) is 5.34. The number of hydrogen-bond acceptors (Lipinski definition) is 5. The SMILES string of the molecule is Cc1cc(Cl)nc(Cl)c1NS(=O)(=O)c1csc(C(=O)O)c1. The first-order valence-corrected chi connectivity index (χ1v) is 8.50. The Morgan fingerprint density at radius 1 is 1.38 bits per heavy atom. The Balaban J connectivity index is 2.40. The molecule has 0 saturated heterocycles. The summed E-state index contributed by atoms with van der Waals surface area (Å²) in [7, 11) is -3.95. The number of hydrogen-bond donors (Lipinski definition) is 2. The van der Waals surface area contributed by atoms with Crippen molar-refractivity contribution < 1.29 is 18.3 Å². The summed E-state index contributed by atoms with van der Waals surface area (Å²) >= 11 is 12.4. The number of aromatic carboxylic acids is 1. The molecule has 2 rings (SSSR count). The quantitative estimate of drug-likeness (QED) is 0.809. The third kappa shape index (κ3) is 3.46. The zero-order valence-corrected chi connectivity index (χ0v) is 13.6. The van der Waals surface area contributed by atoms with Crippen LogP contribution in [0.4, 0.5) is 5.69 Å². The Bertz CT molecular complexity index is 794. The highest BCUT2D eigenvalue weighted by atomic mass is 35.5. The van der Waals surface area contributed by atoms with Gasteiger partial charge in [-0.3, -0.25) is 4.72 Å². The lowest BCUT2D eigenvalue weighted by atomic mass is 10.3. The van der Waals surface area contributed by atoms with Crippen LogP contribution in [0.15, 0.2) is 22.4 Å². The molecule has 0 aliphatic heterocycles. The van der Waals surface area contributed by atoms with Crippen molar-refractivity contribution in [2.24, 2.45) is 0 Å². The number of carbonyl (C=O) groups is 1. The van der Waals surface area contributed by atoms with Crippen LogP contribution in [-0.4, -0.2) is 24.5 Å². The van der Waals surface area contributed by atoms with Crippen LogP contribution in [-0.2, 0) is 10.0 Å². The summed E-state index contributed by atoms with van der Waals surface area (Å²) in [6, 6.07) is 2.53. The van der Waals surface area contributed by atoms with Crippen molar-refractivity contribution in [3.63, 3.8) is 0 Å². The first kappa shape index (κ1) is 16.0. The minimum atomic E-state index is -3.95. The molecule has 0 aliphatic carbocycles. The number of carboxylic acid groups (broad SMARTS) is 1. The molecule has 0 atom stereocenters. The van der Waals surface area contributed by atoms with E-state index in [1.165, 1.54) is 11.4 Å². The molecule has 0 saturated carbocycles. The van der Waals surface area contributed by atoms with Gasteiger partial charge >= 0.3 is 5.97 Å². The van der Waals surface area contributed by atoms with Crippen molar-refractivity contribution in [1.29, 1.82) is 0 Å². The maximum atomic E-state index is 12.2. The van der Waals surface area contributed by atoms with E-state index in [4.69, 9.17) is 28.3 Å². The largest absolute Gasteiger partial charge is 0.477 e. The van der Waals surface area contributed by atoms with Crippen LogP contribution in [0.1, 0.15) is 15.2 Å². The van der Waals surface area contributed by atoms with Gasteiger partial charge in [0, 0.05) is 5.38 Å². The monoisotopic (exact) mass is 366 g/mol. The lowest BCUT2D eigenvalue weighted by Gasteiger charge is -2.11. The Morgan fingerprint density at radius 3 is 2.57 bits per heavy atom. The topological polar surface area (TPSA) is 96.4 Å². The van der Waals surface area contributed by atoms with Crippen molar-refractivity contribution in [2.45, 2.75) is 11.8 Å². The zero-order chi connectivity index (χ0) is 15.8. The molecule has 0 aromatic carbocycles. The minimum absolute atomic E-state index is 0.0765. The van der Waals surface area contributed by atoms with E-state index in [0.717, 1.165) is 17.4 Å². The van der Waals surface area contributed by atoms with E-state index in [9.17, 15) is 13.2 Å². The predicted molar refractivity (Wildman–Crippen MR) is 81.1 cm³/mol. The summed E-state index contributed by atoms with van der Waals surface area (Å²) in [5.74, 6) is -1.19. The molecule has 21 heavy (non-hydrogen) atoms. The average molecular weight is 367 g/mol. The molecular formula is C11H8Cl2N2O4S2. The van der Waals surface area contributed by atoms with Gasteiger partial charge in [0.1, 0.15) is 10.0 Å². The summed E-state index contributed by atoms with van der Waals surface area (Å²) in [6.07, 6.45) is 0. The lowest BCUT2D eigenvalue weighted by molar-refractivity contribution is 0.0702. The number of aromatic nitrogens is 1. The first-order valence-electron chi connectivity index (χ1n) is 5.38. The van der Waals surface area contributed by atoms with Crippen molar-refractivity contribution in [3.05, 3.63) is 38.3 Å². The lowest BCUT2D eigenvalue weighted by Crippen LogP contribution is -2.14. The van der Waals surface area contributed by atoms with Gasteiger partial charge in [-0.25, -0.2) is 18.2 Å². The number of anilines is 1. The molecule has 0 spiro atoms. The molecule has 10 heteroatoms. The van der Waals surface area contributed by atoms with Gasteiger partial charge in [0.15, 0.2) is 5.15 Å². The average Bonchev–Trinajstić information content (AvgIpc) is 2.84. The smallest absolute Gasteiger partial charge is 0.345 e. The number of sulfonamides is 1. The van der Waals surface area contributed by atoms with Gasteiger partial charge in [-0.05, 0) is 24.6 Å². The molecular weight excluding hydrogens is 359 g/mol. The summed E-state index contributed by atoms with van der Waals surface area (Å²) in [5, 5.41) is 10.1.